The number of halogens is 1. The fourth-order valence-electron chi connectivity index (χ4n) is 2.23. The average Bonchev–Trinajstić information content (AvgIpc) is 2.50. The topological polar surface area (TPSA) is 74.8 Å². The molecule has 0 fully saturated rings. The first-order valence-corrected chi connectivity index (χ1v) is 6.60. The Bertz CT molecular complexity index is 934. The van der Waals surface area contributed by atoms with Crippen LogP contribution in [-0.4, -0.2) is 15.9 Å². The second-order valence-corrected chi connectivity index (χ2v) is 4.85. The van der Waals surface area contributed by atoms with Crippen LogP contribution in [0.25, 0.3) is 10.9 Å². The van der Waals surface area contributed by atoms with E-state index >= 15 is 0 Å². The Morgan fingerprint density at radius 2 is 2.09 bits per heavy atom. The van der Waals surface area contributed by atoms with Crippen molar-refractivity contribution in [1.82, 2.24) is 9.97 Å². The molecule has 0 saturated carbocycles. The van der Waals surface area contributed by atoms with Crippen LogP contribution >= 0.6 is 0 Å². The van der Waals surface area contributed by atoms with Crippen LogP contribution in [0.5, 0.6) is 0 Å². The van der Waals surface area contributed by atoms with Gasteiger partial charge in [0.25, 0.3) is 11.5 Å². The van der Waals surface area contributed by atoms with Gasteiger partial charge in [-0.3, -0.25) is 9.59 Å². The molecule has 110 valence electrons. The van der Waals surface area contributed by atoms with Gasteiger partial charge < -0.3 is 10.3 Å². The number of aryl methyl sites for hydroxylation is 1. The van der Waals surface area contributed by atoms with E-state index in [0.29, 0.717) is 22.2 Å². The molecule has 2 N–H and O–H groups in total. The van der Waals surface area contributed by atoms with E-state index in [1.165, 1.54) is 24.5 Å². The molecule has 1 amide bonds. The summed E-state index contributed by atoms with van der Waals surface area (Å²) >= 11 is 0. The first kappa shape index (κ1) is 13.9. The summed E-state index contributed by atoms with van der Waals surface area (Å²) in [5.74, 6) is -0.935. The fourth-order valence-corrected chi connectivity index (χ4v) is 2.23. The molecule has 0 unspecified atom stereocenters. The molecule has 0 aliphatic heterocycles. The molecule has 0 spiro atoms. The first-order chi connectivity index (χ1) is 10.6. The third-order valence-electron chi connectivity index (χ3n) is 3.36. The summed E-state index contributed by atoms with van der Waals surface area (Å²) in [4.78, 5) is 30.6. The van der Waals surface area contributed by atoms with Crippen LogP contribution in [0.1, 0.15) is 15.9 Å². The Morgan fingerprint density at radius 1 is 1.27 bits per heavy atom. The number of benzene rings is 2. The second kappa shape index (κ2) is 5.40. The number of H-pyrrole nitrogens is 1. The molecule has 0 saturated heterocycles. The maximum Gasteiger partial charge on any atom is 0.258 e. The number of aromatic amines is 1. The lowest BCUT2D eigenvalue weighted by Crippen LogP contribution is -2.15. The minimum atomic E-state index is -0.483. The predicted molar refractivity (Wildman–Crippen MR) is 81.5 cm³/mol. The third kappa shape index (κ3) is 2.46. The predicted octanol–water partition coefficient (Wildman–Crippen LogP) is 2.62. The lowest BCUT2D eigenvalue weighted by molar-refractivity contribution is 0.102. The minimum Gasteiger partial charge on any atom is -0.320 e. The lowest BCUT2D eigenvalue weighted by atomic mass is 10.1. The van der Waals surface area contributed by atoms with Crippen molar-refractivity contribution < 1.29 is 9.18 Å². The van der Waals surface area contributed by atoms with Crippen LogP contribution < -0.4 is 10.9 Å². The molecule has 3 rings (SSSR count). The molecule has 0 aliphatic carbocycles. The Morgan fingerprint density at radius 3 is 2.91 bits per heavy atom. The number of hydrogen-bond acceptors (Lipinski definition) is 3. The van der Waals surface area contributed by atoms with Crippen molar-refractivity contribution in [2.24, 2.45) is 0 Å². The van der Waals surface area contributed by atoms with Crippen LogP contribution in [0, 0.1) is 12.7 Å². The standard InChI is InChI=1S/C16H12FN3O2/c1-9-5-6-10(17)7-12(9)16(22)20-13-4-2-3-11-14(13)18-8-19-15(11)21/h2-8H,1H3,(H,20,22)(H,18,19,21). The smallest absolute Gasteiger partial charge is 0.258 e. The molecule has 0 bridgehead atoms. The molecular formula is C16H12FN3O2. The van der Waals surface area contributed by atoms with E-state index in [1.54, 1.807) is 25.1 Å². The highest BCUT2D eigenvalue weighted by molar-refractivity contribution is 6.08. The minimum absolute atomic E-state index is 0.238. The number of para-hydroxylation sites is 1. The molecule has 6 heteroatoms. The van der Waals surface area contributed by atoms with Gasteiger partial charge in [0, 0.05) is 5.56 Å². The largest absolute Gasteiger partial charge is 0.320 e. The van der Waals surface area contributed by atoms with Gasteiger partial charge in [0.2, 0.25) is 0 Å². The SMILES string of the molecule is Cc1ccc(F)cc1C(=O)Nc1cccc2c(=O)[nH]cnc12. The van der Waals surface area contributed by atoms with Crippen molar-refractivity contribution in [1.29, 1.82) is 0 Å². The highest BCUT2D eigenvalue weighted by atomic mass is 19.1. The molecule has 0 radical (unpaired) electrons. The van der Waals surface area contributed by atoms with Crippen molar-refractivity contribution in [3.8, 4) is 0 Å². The number of anilines is 1. The number of rotatable bonds is 2. The van der Waals surface area contributed by atoms with Crippen molar-refractivity contribution in [2.75, 3.05) is 5.32 Å². The van der Waals surface area contributed by atoms with Crippen molar-refractivity contribution >= 4 is 22.5 Å². The summed E-state index contributed by atoms with van der Waals surface area (Å²) in [6.45, 7) is 1.72. The molecule has 0 atom stereocenters. The number of carbonyl (C=O) groups is 1. The highest BCUT2D eigenvalue weighted by Crippen LogP contribution is 2.20. The molecule has 2 aromatic carbocycles. The maximum atomic E-state index is 13.3. The van der Waals surface area contributed by atoms with E-state index in [-0.39, 0.29) is 11.1 Å². The number of aromatic nitrogens is 2. The van der Waals surface area contributed by atoms with E-state index in [9.17, 15) is 14.0 Å². The quantitative estimate of drug-likeness (QED) is 0.763. The van der Waals surface area contributed by atoms with Crippen molar-refractivity contribution in [2.45, 2.75) is 6.92 Å². The van der Waals surface area contributed by atoms with E-state index in [2.05, 4.69) is 15.3 Å². The zero-order chi connectivity index (χ0) is 15.7. The van der Waals surface area contributed by atoms with Crippen LogP contribution in [0.15, 0.2) is 47.5 Å². The van der Waals surface area contributed by atoms with Gasteiger partial charge in [-0.1, -0.05) is 12.1 Å². The molecule has 1 aromatic heterocycles. The summed E-state index contributed by atoms with van der Waals surface area (Å²) in [6, 6.07) is 8.91. The van der Waals surface area contributed by atoms with Crippen LogP contribution in [0.2, 0.25) is 0 Å². The second-order valence-electron chi connectivity index (χ2n) is 4.85. The summed E-state index contributed by atoms with van der Waals surface area (Å²) in [5.41, 5.74) is 1.39. The molecule has 0 aliphatic rings. The number of amides is 1. The molecule has 5 nitrogen and oxygen atoms in total. The number of fused-ring (bicyclic) bond motifs is 1. The van der Waals surface area contributed by atoms with Crippen LogP contribution in [0.3, 0.4) is 0 Å². The zero-order valence-electron chi connectivity index (χ0n) is 11.7. The fraction of sp³-hybridized carbons (Fsp3) is 0.0625. The zero-order valence-corrected chi connectivity index (χ0v) is 11.7. The highest BCUT2D eigenvalue weighted by Gasteiger charge is 2.13. The van der Waals surface area contributed by atoms with Gasteiger partial charge in [0.05, 0.1) is 17.4 Å². The number of carbonyl (C=O) groups excluding carboxylic acids is 1. The molecule has 3 aromatic rings. The molecular weight excluding hydrogens is 285 g/mol. The van der Waals surface area contributed by atoms with Crippen molar-refractivity contribution in [3.05, 3.63) is 70.0 Å². The van der Waals surface area contributed by atoms with Gasteiger partial charge in [0.1, 0.15) is 11.3 Å². The van der Waals surface area contributed by atoms with Crippen molar-refractivity contribution in [3.63, 3.8) is 0 Å². The average molecular weight is 297 g/mol. The Hall–Kier alpha value is -3.02. The first-order valence-electron chi connectivity index (χ1n) is 6.60. The van der Waals surface area contributed by atoms with E-state index in [0.717, 1.165) is 0 Å². The molecule has 1 heterocycles. The van der Waals surface area contributed by atoms with E-state index < -0.39 is 11.7 Å². The van der Waals surface area contributed by atoms with Gasteiger partial charge in [0.15, 0.2) is 0 Å². The van der Waals surface area contributed by atoms with Crippen LogP contribution in [-0.2, 0) is 0 Å². The maximum absolute atomic E-state index is 13.3. The normalized spacial score (nSPS) is 10.6. The Labute approximate surface area is 124 Å². The van der Waals surface area contributed by atoms with Gasteiger partial charge in [-0.2, -0.15) is 0 Å². The Balaban J connectivity index is 2.03. The van der Waals surface area contributed by atoms with E-state index in [4.69, 9.17) is 0 Å². The summed E-state index contributed by atoms with van der Waals surface area (Å²) in [7, 11) is 0. The van der Waals surface area contributed by atoms with Gasteiger partial charge in [-0.15, -0.1) is 0 Å². The summed E-state index contributed by atoms with van der Waals surface area (Å²) in [5, 5.41) is 3.05. The third-order valence-corrected chi connectivity index (χ3v) is 3.36. The Kier molecular flexibility index (Phi) is 3.42. The van der Waals surface area contributed by atoms with Gasteiger partial charge in [-0.05, 0) is 36.8 Å². The summed E-state index contributed by atoms with van der Waals surface area (Å²) < 4.78 is 13.3. The van der Waals surface area contributed by atoms with Gasteiger partial charge in [-0.25, -0.2) is 9.37 Å². The number of nitrogens with zero attached hydrogens (tertiary/aromatic N) is 1. The van der Waals surface area contributed by atoms with Gasteiger partial charge >= 0.3 is 0 Å². The summed E-state index contributed by atoms with van der Waals surface area (Å²) in [6.07, 6.45) is 1.27. The number of hydrogen-bond donors (Lipinski definition) is 2. The lowest BCUT2D eigenvalue weighted by Gasteiger charge is -2.09. The van der Waals surface area contributed by atoms with Crippen LogP contribution in [0.4, 0.5) is 10.1 Å². The van der Waals surface area contributed by atoms with E-state index in [1.807, 2.05) is 0 Å². The monoisotopic (exact) mass is 297 g/mol. The molecule has 22 heavy (non-hydrogen) atoms. The number of nitrogens with one attached hydrogen (secondary N) is 2.